The predicted molar refractivity (Wildman–Crippen MR) is 128 cm³/mol. The summed E-state index contributed by atoms with van der Waals surface area (Å²) in [6.45, 7) is 2.12. The fraction of sp³-hybridized carbons (Fsp3) is 0.0400. The van der Waals surface area contributed by atoms with Crippen LogP contribution in [0.5, 0.6) is 11.5 Å². The van der Waals surface area contributed by atoms with Crippen LogP contribution in [0.25, 0.3) is 20.7 Å². The lowest BCUT2D eigenvalue weighted by Gasteiger charge is -2.10. The number of aryl methyl sites for hydroxylation is 1. The van der Waals surface area contributed by atoms with Crippen molar-refractivity contribution in [2.24, 2.45) is 0 Å². The summed E-state index contributed by atoms with van der Waals surface area (Å²) in [5.41, 5.74) is 9.79. The lowest BCUT2D eigenvalue weighted by molar-refractivity contribution is 0.483. The quantitative estimate of drug-likeness (QED) is 0.325. The highest BCUT2D eigenvalue weighted by atomic mass is 32.1. The van der Waals surface area contributed by atoms with Crippen molar-refractivity contribution in [3.05, 3.63) is 90.6 Å². The molecule has 0 bridgehead atoms. The highest BCUT2D eigenvalue weighted by molar-refractivity contribution is 7.22. The van der Waals surface area contributed by atoms with E-state index in [0.717, 1.165) is 33.4 Å². The monoisotopic (exact) mass is 424 g/mol. The summed E-state index contributed by atoms with van der Waals surface area (Å²) < 4.78 is 7.15. The Bertz CT molecular complexity index is 1360. The number of fused-ring (bicyclic) bond motifs is 1. The molecular weight excluding hydrogens is 404 g/mol. The number of benzene rings is 3. The average molecular weight is 425 g/mol. The molecule has 3 aromatic carbocycles. The highest BCUT2D eigenvalue weighted by Gasteiger charge is 2.13. The van der Waals surface area contributed by atoms with Crippen molar-refractivity contribution >= 4 is 38.7 Å². The first kappa shape index (κ1) is 19.1. The van der Waals surface area contributed by atoms with Crippen LogP contribution in [0.4, 0.5) is 17.3 Å². The summed E-state index contributed by atoms with van der Waals surface area (Å²) in [6.07, 6.45) is 1.69. The number of para-hydroxylation sites is 1. The van der Waals surface area contributed by atoms with Crippen LogP contribution >= 0.6 is 11.3 Å². The fourth-order valence-corrected chi connectivity index (χ4v) is 4.63. The van der Waals surface area contributed by atoms with Gasteiger partial charge in [0.15, 0.2) is 0 Å². The number of nitrogen functional groups attached to an aromatic ring is 1. The molecule has 0 radical (unpaired) electrons. The summed E-state index contributed by atoms with van der Waals surface area (Å²) >= 11 is 1.71. The molecule has 0 saturated heterocycles. The number of aromatic nitrogens is 2. The van der Waals surface area contributed by atoms with Gasteiger partial charge in [0.05, 0.1) is 10.6 Å². The van der Waals surface area contributed by atoms with Gasteiger partial charge in [-0.05, 0) is 66.4 Å². The van der Waals surface area contributed by atoms with Gasteiger partial charge in [-0.3, -0.25) is 0 Å². The predicted octanol–water partition coefficient (Wildman–Crippen LogP) is 6.78. The van der Waals surface area contributed by atoms with Crippen molar-refractivity contribution in [3.63, 3.8) is 0 Å². The second kappa shape index (κ2) is 8.08. The maximum Gasteiger partial charge on any atom is 0.220 e. The van der Waals surface area contributed by atoms with Crippen LogP contribution in [0.3, 0.4) is 0 Å². The molecule has 6 heteroatoms. The van der Waals surface area contributed by atoms with Gasteiger partial charge in [-0.2, -0.15) is 0 Å². The molecule has 2 heterocycles. The van der Waals surface area contributed by atoms with Crippen LogP contribution in [0, 0.1) is 6.92 Å². The summed E-state index contributed by atoms with van der Waals surface area (Å²) in [6, 6.07) is 26.0. The van der Waals surface area contributed by atoms with Gasteiger partial charge in [0.2, 0.25) is 5.95 Å². The van der Waals surface area contributed by atoms with Gasteiger partial charge in [-0.25, -0.2) is 9.97 Å². The molecule has 0 aliphatic carbocycles. The highest BCUT2D eigenvalue weighted by Crippen LogP contribution is 2.39. The number of thiophene rings is 1. The molecule has 2 aromatic heterocycles. The Hall–Kier alpha value is -3.90. The molecule has 0 amide bonds. The van der Waals surface area contributed by atoms with Crippen LogP contribution in [-0.4, -0.2) is 9.97 Å². The van der Waals surface area contributed by atoms with Gasteiger partial charge >= 0.3 is 0 Å². The Morgan fingerprint density at radius 2 is 1.68 bits per heavy atom. The molecule has 0 unspecified atom stereocenters. The summed E-state index contributed by atoms with van der Waals surface area (Å²) in [5, 5.41) is 4.68. The minimum Gasteiger partial charge on any atom is -0.457 e. The van der Waals surface area contributed by atoms with Crippen LogP contribution in [0.1, 0.15) is 5.56 Å². The molecule has 31 heavy (non-hydrogen) atoms. The lowest BCUT2D eigenvalue weighted by Crippen LogP contribution is -1.94. The van der Waals surface area contributed by atoms with Crippen molar-refractivity contribution in [2.45, 2.75) is 6.92 Å². The van der Waals surface area contributed by atoms with Gasteiger partial charge < -0.3 is 15.8 Å². The van der Waals surface area contributed by atoms with Crippen molar-refractivity contribution in [3.8, 4) is 22.1 Å². The van der Waals surface area contributed by atoms with Gasteiger partial charge in [0.25, 0.3) is 0 Å². The number of ether oxygens (including phenoxy) is 1. The fourth-order valence-electron chi connectivity index (χ4n) is 3.47. The van der Waals surface area contributed by atoms with E-state index in [-0.39, 0.29) is 5.95 Å². The largest absolute Gasteiger partial charge is 0.457 e. The third-order valence-electron chi connectivity index (χ3n) is 4.94. The summed E-state index contributed by atoms with van der Waals surface area (Å²) in [5.74, 6) is 1.88. The molecule has 0 aliphatic rings. The molecule has 0 atom stereocenters. The third kappa shape index (κ3) is 4.06. The number of nitrogens with zero attached hydrogens (tertiary/aromatic N) is 2. The van der Waals surface area contributed by atoms with Crippen molar-refractivity contribution in [1.82, 2.24) is 9.97 Å². The SMILES string of the molecule is Cc1c(-c2ccnc(N)n2)sc2ccc(Nc3cccc(Oc4ccccc4)c3)cc12. The number of rotatable bonds is 5. The number of hydrogen-bond acceptors (Lipinski definition) is 6. The Kier molecular flexibility index (Phi) is 4.98. The first-order valence-corrected chi connectivity index (χ1v) is 10.7. The van der Waals surface area contributed by atoms with Crippen LogP contribution < -0.4 is 15.8 Å². The average Bonchev–Trinajstić information content (AvgIpc) is 3.11. The van der Waals surface area contributed by atoms with E-state index in [9.17, 15) is 0 Å². The standard InChI is InChI=1S/C25H20N4OS/c1-16-21-15-18(10-11-23(21)31-24(16)22-12-13-27-25(26)29-22)28-17-6-5-9-20(14-17)30-19-7-3-2-4-8-19/h2-15,28H,1H3,(H2,26,27,29). The molecule has 0 aliphatic heterocycles. The van der Waals surface area contributed by atoms with E-state index in [0.29, 0.717) is 0 Å². The number of hydrogen-bond donors (Lipinski definition) is 2. The van der Waals surface area contributed by atoms with Crippen LogP contribution in [-0.2, 0) is 0 Å². The van der Waals surface area contributed by atoms with E-state index >= 15 is 0 Å². The van der Waals surface area contributed by atoms with E-state index in [1.165, 1.54) is 15.6 Å². The van der Waals surface area contributed by atoms with Gasteiger partial charge in [-0.15, -0.1) is 11.3 Å². The molecule has 5 aromatic rings. The third-order valence-corrected chi connectivity index (χ3v) is 6.24. The summed E-state index contributed by atoms with van der Waals surface area (Å²) in [7, 11) is 0. The molecule has 0 saturated carbocycles. The molecule has 152 valence electrons. The number of nitrogens with two attached hydrogens (primary N) is 1. The zero-order valence-corrected chi connectivity index (χ0v) is 17.7. The molecular formula is C25H20N4OS. The number of anilines is 3. The molecule has 3 N–H and O–H groups in total. The first-order valence-electron chi connectivity index (χ1n) is 9.88. The minimum atomic E-state index is 0.286. The van der Waals surface area contributed by atoms with E-state index in [4.69, 9.17) is 10.5 Å². The molecule has 0 spiro atoms. The van der Waals surface area contributed by atoms with Crippen molar-refractivity contribution in [1.29, 1.82) is 0 Å². The Balaban J connectivity index is 1.42. The van der Waals surface area contributed by atoms with E-state index in [2.05, 4.69) is 40.4 Å². The minimum absolute atomic E-state index is 0.286. The van der Waals surface area contributed by atoms with Crippen molar-refractivity contribution < 1.29 is 4.74 Å². The topological polar surface area (TPSA) is 73.1 Å². The second-order valence-corrected chi connectivity index (χ2v) is 8.19. The zero-order valence-electron chi connectivity index (χ0n) is 16.9. The Labute approximate surface area is 184 Å². The Morgan fingerprint density at radius 1 is 0.871 bits per heavy atom. The normalized spacial score (nSPS) is 10.9. The van der Waals surface area contributed by atoms with Gasteiger partial charge in [0, 0.05) is 28.3 Å². The number of nitrogens with one attached hydrogen (secondary N) is 1. The zero-order chi connectivity index (χ0) is 21.2. The van der Waals surface area contributed by atoms with Gasteiger partial charge in [0.1, 0.15) is 11.5 Å². The van der Waals surface area contributed by atoms with E-state index in [1.807, 2.05) is 60.7 Å². The molecule has 5 nitrogen and oxygen atoms in total. The Morgan fingerprint density at radius 3 is 2.52 bits per heavy atom. The van der Waals surface area contributed by atoms with Crippen LogP contribution in [0.15, 0.2) is 85.1 Å². The maximum atomic E-state index is 5.95. The second-order valence-electron chi connectivity index (χ2n) is 7.14. The van der Waals surface area contributed by atoms with Crippen LogP contribution in [0.2, 0.25) is 0 Å². The van der Waals surface area contributed by atoms with E-state index < -0.39 is 0 Å². The molecule has 0 fully saturated rings. The lowest BCUT2D eigenvalue weighted by atomic mass is 10.1. The molecule has 5 rings (SSSR count). The first-order chi connectivity index (χ1) is 15.2. The maximum absolute atomic E-state index is 5.95. The smallest absolute Gasteiger partial charge is 0.220 e. The summed E-state index contributed by atoms with van der Waals surface area (Å²) in [4.78, 5) is 9.49. The van der Waals surface area contributed by atoms with E-state index in [1.54, 1.807) is 17.5 Å². The van der Waals surface area contributed by atoms with Crippen molar-refractivity contribution in [2.75, 3.05) is 11.1 Å². The van der Waals surface area contributed by atoms with Gasteiger partial charge in [-0.1, -0.05) is 24.3 Å².